The molecule has 15 heavy (non-hydrogen) atoms. The fourth-order valence-corrected chi connectivity index (χ4v) is 2.40. The summed E-state index contributed by atoms with van der Waals surface area (Å²) in [4.78, 5) is 4.19. The number of fused-ring (bicyclic) bond motifs is 1. The molecule has 0 aromatic carbocycles. The van der Waals surface area contributed by atoms with Crippen LogP contribution in [0.4, 0.5) is 5.82 Å². The Morgan fingerprint density at radius 1 is 1.33 bits per heavy atom. The van der Waals surface area contributed by atoms with E-state index in [1.54, 1.807) is 0 Å². The van der Waals surface area contributed by atoms with Gasteiger partial charge in [-0.15, -0.1) is 0 Å². The number of nitrogens with zero attached hydrogens (tertiary/aromatic N) is 1. The van der Waals surface area contributed by atoms with Crippen LogP contribution < -0.4 is 5.73 Å². The molecule has 0 saturated carbocycles. The normalized spacial score (nSPS) is 21.1. The standard InChI is InChI=1S/C13H20N2/c1-13(2,3)11-5-4-9-7-12(14)15-8-10(9)6-11/h7-8,11H,4-6H2,1-3H3,(H2,14,15). The van der Waals surface area contributed by atoms with Crippen LogP contribution in [0.5, 0.6) is 0 Å². The van der Waals surface area contributed by atoms with E-state index in [0.29, 0.717) is 11.2 Å². The Balaban J connectivity index is 2.24. The van der Waals surface area contributed by atoms with Crippen LogP contribution in [0.25, 0.3) is 0 Å². The third-order valence-electron chi connectivity index (χ3n) is 3.56. The quantitative estimate of drug-likeness (QED) is 0.705. The molecule has 0 spiro atoms. The minimum atomic E-state index is 0.402. The van der Waals surface area contributed by atoms with Crippen molar-refractivity contribution in [1.29, 1.82) is 0 Å². The molecule has 0 amide bonds. The predicted octanol–water partition coefficient (Wildman–Crippen LogP) is 2.81. The van der Waals surface area contributed by atoms with Gasteiger partial charge in [0.25, 0.3) is 0 Å². The molecule has 2 heteroatoms. The molecule has 2 nitrogen and oxygen atoms in total. The van der Waals surface area contributed by atoms with E-state index in [0.717, 1.165) is 18.8 Å². The van der Waals surface area contributed by atoms with Gasteiger partial charge in [-0.05, 0) is 47.8 Å². The zero-order chi connectivity index (χ0) is 11.1. The Hall–Kier alpha value is -1.05. The van der Waals surface area contributed by atoms with Crippen LogP contribution in [0, 0.1) is 11.3 Å². The molecule has 1 atom stereocenters. The van der Waals surface area contributed by atoms with Gasteiger partial charge >= 0.3 is 0 Å². The molecular weight excluding hydrogens is 184 g/mol. The monoisotopic (exact) mass is 204 g/mol. The van der Waals surface area contributed by atoms with Gasteiger partial charge in [-0.2, -0.15) is 0 Å². The van der Waals surface area contributed by atoms with Gasteiger partial charge in [0, 0.05) is 6.20 Å². The molecule has 0 radical (unpaired) electrons. The van der Waals surface area contributed by atoms with Crippen molar-refractivity contribution in [3.63, 3.8) is 0 Å². The Bertz CT molecular complexity index is 363. The number of rotatable bonds is 0. The summed E-state index contributed by atoms with van der Waals surface area (Å²) >= 11 is 0. The van der Waals surface area contributed by atoms with Gasteiger partial charge in [-0.1, -0.05) is 20.8 Å². The van der Waals surface area contributed by atoms with Crippen LogP contribution in [0.1, 0.15) is 38.3 Å². The van der Waals surface area contributed by atoms with E-state index in [-0.39, 0.29) is 0 Å². The third-order valence-corrected chi connectivity index (χ3v) is 3.56. The van der Waals surface area contributed by atoms with E-state index in [2.05, 4.69) is 25.8 Å². The predicted molar refractivity (Wildman–Crippen MR) is 63.6 cm³/mol. The molecule has 2 rings (SSSR count). The van der Waals surface area contributed by atoms with E-state index < -0.39 is 0 Å². The smallest absolute Gasteiger partial charge is 0.123 e. The first-order chi connectivity index (χ1) is 6.97. The lowest BCUT2D eigenvalue weighted by Gasteiger charge is -2.34. The summed E-state index contributed by atoms with van der Waals surface area (Å²) in [6.07, 6.45) is 5.55. The maximum absolute atomic E-state index is 5.69. The molecule has 0 saturated heterocycles. The fourth-order valence-electron chi connectivity index (χ4n) is 2.40. The molecule has 0 bridgehead atoms. The van der Waals surface area contributed by atoms with Crippen LogP contribution in [-0.4, -0.2) is 4.98 Å². The van der Waals surface area contributed by atoms with Gasteiger partial charge in [0.1, 0.15) is 5.82 Å². The van der Waals surface area contributed by atoms with Gasteiger partial charge in [-0.3, -0.25) is 0 Å². The second-order valence-corrected chi connectivity index (χ2v) is 5.68. The highest BCUT2D eigenvalue weighted by Crippen LogP contribution is 2.37. The van der Waals surface area contributed by atoms with Crippen LogP contribution >= 0.6 is 0 Å². The van der Waals surface area contributed by atoms with E-state index >= 15 is 0 Å². The van der Waals surface area contributed by atoms with Crippen molar-refractivity contribution < 1.29 is 0 Å². The molecular formula is C13H20N2. The third kappa shape index (κ3) is 2.14. The number of pyridine rings is 1. The zero-order valence-corrected chi connectivity index (χ0v) is 9.88. The summed E-state index contributed by atoms with van der Waals surface area (Å²) in [7, 11) is 0. The van der Waals surface area contributed by atoms with Crippen molar-refractivity contribution in [2.75, 3.05) is 5.73 Å². The number of hydrogen-bond donors (Lipinski definition) is 1. The van der Waals surface area contributed by atoms with Gasteiger partial charge < -0.3 is 5.73 Å². The summed E-state index contributed by atoms with van der Waals surface area (Å²) in [6.45, 7) is 6.98. The van der Waals surface area contributed by atoms with Gasteiger partial charge in [0.15, 0.2) is 0 Å². The SMILES string of the molecule is CC(C)(C)C1CCc2cc(N)ncc2C1. The van der Waals surface area contributed by atoms with Gasteiger partial charge in [0.2, 0.25) is 0 Å². The first-order valence-electron chi connectivity index (χ1n) is 5.70. The van der Waals surface area contributed by atoms with Crippen molar-refractivity contribution in [1.82, 2.24) is 4.98 Å². The second kappa shape index (κ2) is 3.51. The number of hydrogen-bond acceptors (Lipinski definition) is 2. The lowest BCUT2D eigenvalue weighted by Crippen LogP contribution is -2.27. The lowest BCUT2D eigenvalue weighted by atomic mass is 9.71. The average molecular weight is 204 g/mol. The van der Waals surface area contributed by atoms with E-state index in [1.165, 1.54) is 17.5 Å². The fraction of sp³-hybridized carbons (Fsp3) is 0.615. The Morgan fingerprint density at radius 3 is 2.73 bits per heavy atom. The van der Waals surface area contributed by atoms with Crippen LogP contribution in [0.3, 0.4) is 0 Å². The Kier molecular flexibility index (Phi) is 2.45. The summed E-state index contributed by atoms with van der Waals surface area (Å²) in [6, 6.07) is 2.04. The molecule has 1 aromatic rings. The molecule has 1 aliphatic carbocycles. The molecule has 0 aliphatic heterocycles. The number of nitrogen functional groups attached to an aromatic ring is 1. The van der Waals surface area contributed by atoms with Crippen molar-refractivity contribution >= 4 is 5.82 Å². The van der Waals surface area contributed by atoms with Crippen LogP contribution in [-0.2, 0) is 12.8 Å². The first kappa shape index (κ1) is 10.5. The maximum Gasteiger partial charge on any atom is 0.123 e. The largest absolute Gasteiger partial charge is 0.384 e. The Labute approximate surface area is 91.9 Å². The first-order valence-corrected chi connectivity index (χ1v) is 5.70. The van der Waals surface area contributed by atoms with Gasteiger partial charge in [0.05, 0.1) is 0 Å². The molecule has 2 N–H and O–H groups in total. The number of nitrogens with two attached hydrogens (primary N) is 1. The zero-order valence-electron chi connectivity index (χ0n) is 9.88. The van der Waals surface area contributed by atoms with E-state index in [4.69, 9.17) is 5.73 Å². The van der Waals surface area contributed by atoms with E-state index in [1.807, 2.05) is 12.3 Å². The van der Waals surface area contributed by atoms with E-state index in [9.17, 15) is 0 Å². The molecule has 1 aliphatic rings. The second-order valence-electron chi connectivity index (χ2n) is 5.68. The van der Waals surface area contributed by atoms with Crippen LogP contribution in [0.15, 0.2) is 12.3 Å². The summed E-state index contributed by atoms with van der Waals surface area (Å²) in [5.74, 6) is 1.43. The number of anilines is 1. The summed E-state index contributed by atoms with van der Waals surface area (Å²) in [5, 5.41) is 0. The van der Waals surface area contributed by atoms with Gasteiger partial charge in [-0.25, -0.2) is 4.98 Å². The number of aromatic nitrogens is 1. The summed E-state index contributed by atoms with van der Waals surface area (Å²) < 4.78 is 0. The van der Waals surface area contributed by atoms with Crippen molar-refractivity contribution in [3.8, 4) is 0 Å². The highest BCUT2D eigenvalue weighted by atomic mass is 14.8. The molecule has 0 fully saturated rings. The molecule has 82 valence electrons. The minimum Gasteiger partial charge on any atom is -0.384 e. The van der Waals surface area contributed by atoms with Crippen molar-refractivity contribution in [2.45, 2.75) is 40.0 Å². The maximum atomic E-state index is 5.69. The summed E-state index contributed by atoms with van der Waals surface area (Å²) in [5.41, 5.74) is 8.90. The van der Waals surface area contributed by atoms with Crippen molar-refractivity contribution in [3.05, 3.63) is 23.4 Å². The number of aryl methyl sites for hydroxylation is 1. The Morgan fingerprint density at radius 2 is 2.07 bits per heavy atom. The molecule has 1 aromatic heterocycles. The van der Waals surface area contributed by atoms with Crippen LogP contribution in [0.2, 0.25) is 0 Å². The van der Waals surface area contributed by atoms with Crippen molar-refractivity contribution in [2.24, 2.45) is 11.3 Å². The minimum absolute atomic E-state index is 0.402. The lowest BCUT2D eigenvalue weighted by molar-refractivity contribution is 0.216. The molecule has 1 heterocycles. The topological polar surface area (TPSA) is 38.9 Å². The molecule has 1 unspecified atom stereocenters. The average Bonchev–Trinajstić information content (AvgIpc) is 2.15. The highest BCUT2D eigenvalue weighted by Gasteiger charge is 2.28. The highest BCUT2D eigenvalue weighted by molar-refractivity contribution is 5.38.